The van der Waals surface area contributed by atoms with Crippen LogP contribution in [-0.2, 0) is 6.54 Å². The number of halogens is 2. The maximum absolute atomic E-state index is 13.2. The summed E-state index contributed by atoms with van der Waals surface area (Å²) in [5.41, 5.74) is 0.851. The Morgan fingerprint density at radius 1 is 1.50 bits per heavy atom. The van der Waals surface area contributed by atoms with Crippen LogP contribution in [0.1, 0.15) is 31.7 Å². The molecule has 2 rings (SSSR count). The molecule has 88 valence electrons. The molecule has 1 N–H and O–H groups in total. The van der Waals surface area contributed by atoms with Gasteiger partial charge in [0.2, 0.25) is 0 Å². The highest BCUT2D eigenvalue weighted by Gasteiger charge is 2.35. The van der Waals surface area contributed by atoms with Crippen LogP contribution in [0, 0.1) is 11.7 Å². The zero-order chi connectivity index (χ0) is 11.5. The van der Waals surface area contributed by atoms with Crippen molar-refractivity contribution >= 4 is 11.6 Å². The fourth-order valence-electron chi connectivity index (χ4n) is 2.11. The lowest BCUT2D eigenvalue weighted by molar-refractivity contribution is 0.593. The van der Waals surface area contributed by atoms with E-state index in [4.69, 9.17) is 11.6 Å². The Morgan fingerprint density at radius 3 is 3.06 bits per heavy atom. The fraction of sp³-hybridized carbons (Fsp3) is 0.538. The molecule has 16 heavy (non-hydrogen) atoms. The highest BCUT2D eigenvalue weighted by atomic mass is 35.5. The van der Waals surface area contributed by atoms with Gasteiger partial charge < -0.3 is 5.32 Å². The van der Waals surface area contributed by atoms with Crippen LogP contribution in [0.3, 0.4) is 0 Å². The topological polar surface area (TPSA) is 12.0 Å². The number of hydrogen-bond acceptors (Lipinski definition) is 1. The van der Waals surface area contributed by atoms with Gasteiger partial charge in [-0.15, -0.1) is 0 Å². The first kappa shape index (κ1) is 11.9. The second-order valence-corrected chi connectivity index (χ2v) is 4.86. The highest BCUT2D eigenvalue weighted by molar-refractivity contribution is 6.31. The Balaban J connectivity index is 1.84. The van der Waals surface area contributed by atoms with Crippen molar-refractivity contribution in [2.75, 3.05) is 0 Å². The normalized spacial score (nSPS) is 23.4. The van der Waals surface area contributed by atoms with Crippen molar-refractivity contribution in [3.05, 3.63) is 34.6 Å². The number of benzene rings is 1. The molecule has 0 aliphatic heterocycles. The summed E-state index contributed by atoms with van der Waals surface area (Å²) in [5, 5.41) is 3.68. The summed E-state index contributed by atoms with van der Waals surface area (Å²) >= 11 is 5.88. The standard InChI is InChI=1S/C13H17ClFN/c1-2-4-9-7-12(9)16-8-10-5-3-6-11(15)13(10)14/h3,5-6,9,12,16H,2,4,7-8H2,1H3. The van der Waals surface area contributed by atoms with E-state index >= 15 is 0 Å². The molecule has 1 saturated carbocycles. The van der Waals surface area contributed by atoms with Gasteiger partial charge in [0.15, 0.2) is 0 Å². The molecule has 0 amide bonds. The minimum absolute atomic E-state index is 0.252. The summed E-state index contributed by atoms with van der Waals surface area (Å²) in [6.45, 7) is 2.88. The van der Waals surface area contributed by atoms with Gasteiger partial charge in [0.25, 0.3) is 0 Å². The molecule has 1 aromatic rings. The molecule has 2 atom stereocenters. The van der Waals surface area contributed by atoms with Crippen LogP contribution >= 0.6 is 11.6 Å². The third-order valence-corrected chi connectivity index (χ3v) is 3.59. The lowest BCUT2D eigenvalue weighted by Gasteiger charge is -2.06. The SMILES string of the molecule is CCCC1CC1NCc1cccc(F)c1Cl. The molecule has 2 unspecified atom stereocenters. The van der Waals surface area contributed by atoms with E-state index in [2.05, 4.69) is 12.2 Å². The summed E-state index contributed by atoms with van der Waals surface area (Å²) in [5.74, 6) is 0.485. The van der Waals surface area contributed by atoms with Crippen LogP contribution in [0.4, 0.5) is 4.39 Å². The number of rotatable bonds is 5. The summed E-state index contributed by atoms with van der Waals surface area (Å²) < 4.78 is 13.2. The zero-order valence-corrected chi connectivity index (χ0v) is 10.2. The summed E-state index contributed by atoms with van der Waals surface area (Å²) in [6, 6.07) is 5.58. The smallest absolute Gasteiger partial charge is 0.142 e. The van der Waals surface area contributed by atoms with Gasteiger partial charge in [-0.25, -0.2) is 4.39 Å². The average molecular weight is 242 g/mol. The number of nitrogens with one attached hydrogen (secondary N) is 1. The largest absolute Gasteiger partial charge is 0.310 e. The molecule has 1 nitrogen and oxygen atoms in total. The Kier molecular flexibility index (Phi) is 3.82. The zero-order valence-electron chi connectivity index (χ0n) is 9.47. The molecular formula is C13H17ClFN. The predicted molar refractivity (Wildman–Crippen MR) is 65.1 cm³/mol. The maximum Gasteiger partial charge on any atom is 0.142 e. The Bertz CT molecular complexity index is 367. The Morgan fingerprint density at radius 2 is 2.31 bits per heavy atom. The van der Waals surface area contributed by atoms with E-state index in [-0.39, 0.29) is 10.8 Å². The van der Waals surface area contributed by atoms with E-state index in [1.165, 1.54) is 25.3 Å². The molecule has 0 radical (unpaired) electrons. The molecule has 0 bridgehead atoms. The molecule has 0 aromatic heterocycles. The van der Waals surface area contributed by atoms with Crippen molar-refractivity contribution in [1.29, 1.82) is 0 Å². The van der Waals surface area contributed by atoms with Crippen LogP contribution in [0.15, 0.2) is 18.2 Å². The molecule has 1 fully saturated rings. The third-order valence-electron chi connectivity index (χ3n) is 3.17. The summed E-state index contributed by atoms with van der Waals surface area (Å²) in [7, 11) is 0. The van der Waals surface area contributed by atoms with E-state index in [0.717, 1.165) is 11.5 Å². The molecule has 1 aromatic carbocycles. The molecule has 1 aliphatic rings. The van der Waals surface area contributed by atoms with Crippen LogP contribution in [0.2, 0.25) is 5.02 Å². The van der Waals surface area contributed by atoms with E-state index in [9.17, 15) is 4.39 Å². The van der Waals surface area contributed by atoms with Gasteiger partial charge in [-0.1, -0.05) is 37.1 Å². The molecule has 0 heterocycles. The van der Waals surface area contributed by atoms with E-state index < -0.39 is 0 Å². The highest BCUT2D eigenvalue weighted by Crippen LogP contribution is 2.35. The van der Waals surface area contributed by atoms with Crippen LogP contribution in [0.5, 0.6) is 0 Å². The maximum atomic E-state index is 13.2. The van der Waals surface area contributed by atoms with Crippen molar-refractivity contribution in [3.8, 4) is 0 Å². The van der Waals surface area contributed by atoms with Crippen molar-refractivity contribution in [2.45, 2.75) is 38.8 Å². The minimum atomic E-state index is -0.332. The van der Waals surface area contributed by atoms with Gasteiger partial charge >= 0.3 is 0 Å². The first-order chi connectivity index (χ1) is 7.72. The summed E-state index contributed by atoms with van der Waals surface area (Å²) in [4.78, 5) is 0. The van der Waals surface area contributed by atoms with Gasteiger partial charge in [0.05, 0.1) is 5.02 Å². The second kappa shape index (κ2) is 5.15. The summed E-state index contributed by atoms with van der Waals surface area (Å²) in [6.07, 6.45) is 3.78. The van der Waals surface area contributed by atoms with Crippen molar-refractivity contribution < 1.29 is 4.39 Å². The first-order valence-electron chi connectivity index (χ1n) is 5.88. The quantitative estimate of drug-likeness (QED) is 0.828. The van der Waals surface area contributed by atoms with E-state index in [1.54, 1.807) is 6.07 Å². The monoisotopic (exact) mass is 241 g/mol. The Hall–Kier alpha value is -0.600. The average Bonchev–Trinajstić information content (AvgIpc) is 3.00. The molecular weight excluding hydrogens is 225 g/mol. The second-order valence-electron chi connectivity index (χ2n) is 4.48. The third kappa shape index (κ3) is 2.74. The molecule has 0 spiro atoms. The van der Waals surface area contributed by atoms with Gasteiger partial charge in [-0.3, -0.25) is 0 Å². The lowest BCUT2D eigenvalue weighted by Crippen LogP contribution is -2.18. The van der Waals surface area contributed by atoms with Crippen molar-refractivity contribution in [1.82, 2.24) is 5.32 Å². The van der Waals surface area contributed by atoms with E-state index in [1.807, 2.05) is 6.07 Å². The van der Waals surface area contributed by atoms with Crippen molar-refractivity contribution in [2.24, 2.45) is 5.92 Å². The van der Waals surface area contributed by atoms with Gasteiger partial charge in [-0.05, 0) is 30.4 Å². The number of hydrogen-bond donors (Lipinski definition) is 1. The molecule has 3 heteroatoms. The van der Waals surface area contributed by atoms with Crippen LogP contribution in [0.25, 0.3) is 0 Å². The molecule has 0 saturated heterocycles. The first-order valence-corrected chi connectivity index (χ1v) is 6.26. The van der Waals surface area contributed by atoms with Gasteiger partial charge in [0.1, 0.15) is 5.82 Å². The van der Waals surface area contributed by atoms with E-state index in [0.29, 0.717) is 12.6 Å². The molecule has 1 aliphatic carbocycles. The minimum Gasteiger partial charge on any atom is -0.310 e. The van der Waals surface area contributed by atoms with Crippen LogP contribution < -0.4 is 5.32 Å². The van der Waals surface area contributed by atoms with Crippen molar-refractivity contribution in [3.63, 3.8) is 0 Å². The fourth-order valence-corrected chi connectivity index (χ4v) is 2.31. The Labute approximate surface area is 101 Å². The van der Waals surface area contributed by atoms with Gasteiger partial charge in [-0.2, -0.15) is 0 Å². The predicted octanol–water partition coefficient (Wildman–Crippen LogP) is 3.76. The van der Waals surface area contributed by atoms with Gasteiger partial charge in [0, 0.05) is 12.6 Å². The van der Waals surface area contributed by atoms with Crippen LogP contribution in [-0.4, -0.2) is 6.04 Å². The lowest BCUT2D eigenvalue weighted by atomic mass is 10.2.